The maximum atomic E-state index is 12.3. The van der Waals surface area contributed by atoms with Crippen LogP contribution in [-0.4, -0.2) is 30.5 Å². The van der Waals surface area contributed by atoms with Gasteiger partial charge in [0.1, 0.15) is 24.7 Å². The Hall–Kier alpha value is -4.09. The van der Waals surface area contributed by atoms with E-state index in [0.29, 0.717) is 18.9 Å². The monoisotopic (exact) mass is 509 g/mol. The molecule has 38 heavy (non-hydrogen) atoms. The van der Waals surface area contributed by atoms with Crippen molar-refractivity contribution in [1.29, 1.82) is 0 Å². The van der Waals surface area contributed by atoms with E-state index in [1.165, 1.54) is 17.1 Å². The second-order valence-electron chi connectivity index (χ2n) is 9.67. The molecule has 196 valence electrons. The highest BCUT2D eigenvalue weighted by molar-refractivity contribution is 6.04. The standard InChI is InChI=1S/C33H35NO4/c1-7-15-37-32-21(3)17-26(18-22(32)4)31(27-19-23(5)33(24(6)20-27)38-16-8-2)25-9-11-28(12-10-25)34-29(35)13-14-30(34)36/h7-14,17-20,29,31,35H,1-2,15-16H2,3-6H3. The first kappa shape index (κ1) is 27.0. The molecule has 0 radical (unpaired) electrons. The Kier molecular flexibility index (Phi) is 8.18. The molecule has 0 aliphatic carbocycles. The number of aryl methyl sites for hydroxylation is 4. The van der Waals surface area contributed by atoms with Crippen molar-refractivity contribution >= 4 is 11.6 Å². The van der Waals surface area contributed by atoms with Gasteiger partial charge in [-0.15, -0.1) is 0 Å². The topological polar surface area (TPSA) is 59.0 Å². The minimum atomic E-state index is -0.953. The maximum Gasteiger partial charge on any atom is 0.253 e. The average molecular weight is 510 g/mol. The zero-order chi connectivity index (χ0) is 27.4. The van der Waals surface area contributed by atoms with Crippen molar-refractivity contribution in [3.05, 3.63) is 125 Å². The van der Waals surface area contributed by atoms with E-state index in [-0.39, 0.29) is 11.8 Å². The van der Waals surface area contributed by atoms with Crippen molar-refractivity contribution in [1.82, 2.24) is 0 Å². The number of rotatable bonds is 10. The van der Waals surface area contributed by atoms with Gasteiger partial charge in [0, 0.05) is 17.7 Å². The number of hydrogen-bond acceptors (Lipinski definition) is 4. The van der Waals surface area contributed by atoms with Gasteiger partial charge >= 0.3 is 0 Å². The van der Waals surface area contributed by atoms with Crippen LogP contribution >= 0.6 is 0 Å². The fraction of sp³-hybridized carbons (Fsp3) is 0.242. The average Bonchev–Trinajstić information content (AvgIpc) is 3.21. The third-order valence-corrected chi connectivity index (χ3v) is 6.74. The van der Waals surface area contributed by atoms with Crippen LogP contribution in [0.1, 0.15) is 44.9 Å². The molecule has 1 unspecified atom stereocenters. The lowest BCUT2D eigenvalue weighted by atomic mass is 9.82. The first-order valence-electron chi connectivity index (χ1n) is 12.7. The van der Waals surface area contributed by atoms with Gasteiger partial charge in [0.05, 0.1) is 0 Å². The molecular formula is C33H35NO4. The number of hydrogen-bond donors (Lipinski definition) is 1. The number of aliphatic hydroxyl groups excluding tert-OH is 1. The molecule has 0 spiro atoms. The molecule has 5 nitrogen and oxygen atoms in total. The fourth-order valence-electron chi connectivity index (χ4n) is 5.19. The molecule has 5 heteroatoms. The summed E-state index contributed by atoms with van der Waals surface area (Å²) in [4.78, 5) is 13.6. The Balaban J connectivity index is 1.82. The predicted molar refractivity (Wildman–Crippen MR) is 153 cm³/mol. The minimum absolute atomic E-state index is 0.0712. The van der Waals surface area contributed by atoms with Gasteiger partial charge in [-0.1, -0.05) is 61.7 Å². The lowest BCUT2D eigenvalue weighted by molar-refractivity contribution is -0.114. The number of benzene rings is 3. The van der Waals surface area contributed by atoms with Crippen LogP contribution < -0.4 is 14.4 Å². The van der Waals surface area contributed by atoms with E-state index in [4.69, 9.17) is 9.47 Å². The first-order chi connectivity index (χ1) is 18.2. The van der Waals surface area contributed by atoms with E-state index in [1.54, 1.807) is 12.2 Å². The zero-order valence-electron chi connectivity index (χ0n) is 22.5. The maximum absolute atomic E-state index is 12.3. The quantitative estimate of drug-likeness (QED) is 0.252. The van der Waals surface area contributed by atoms with Crippen molar-refractivity contribution in [2.24, 2.45) is 0 Å². The largest absolute Gasteiger partial charge is 0.489 e. The molecule has 1 heterocycles. The molecule has 1 aliphatic rings. The molecule has 3 aromatic carbocycles. The summed E-state index contributed by atoms with van der Waals surface area (Å²) in [5.41, 5.74) is 8.21. The highest BCUT2D eigenvalue weighted by Gasteiger charge is 2.26. The third kappa shape index (κ3) is 5.43. The van der Waals surface area contributed by atoms with E-state index in [9.17, 15) is 9.90 Å². The normalized spacial score (nSPS) is 14.7. The van der Waals surface area contributed by atoms with E-state index < -0.39 is 6.23 Å². The van der Waals surface area contributed by atoms with Crippen molar-refractivity contribution in [3.8, 4) is 11.5 Å². The van der Waals surface area contributed by atoms with E-state index in [1.807, 2.05) is 24.3 Å². The van der Waals surface area contributed by atoms with Crippen molar-refractivity contribution in [3.63, 3.8) is 0 Å². The lowest BCUT2D eigenvalue weighted by Crippen LogP contribution is -2.33. The Morgan fingerprint density at radius 3 is 1.63 bits per heavy atom. The van der Waals surface area contributed by atoms with Gasteiger partial charge in [-0.05, 0) is 84.8 Å². The van der Waals surface area contributed by atoms with Crippen LogP contribution in [0, 0.1) is 27.7 Å². The second-order valence-corrected chi connectivity index (χ2v) is 9.67. The van der Waals surface area contributed by atoms with Gasteiger partial charge in [0.2, 0.25) is 0 Å². The van der Waals surface area contributed by atoms with Crippen molar-refractivity contribution in [2.75, 3.05) is 18.1 Å². The Morgan fingerprint density at radius 1 is 0.816 bits per heavy atom. The van der Waals surface area contributed by atoms with Gasteiger partial charge in [-0.3, -0.25) is 9.69 Å². The van der Waals surface area contributed by atoms with Gasteiger partial charge in [0.25, 0.3) is 5.91 Å². The third-order valence-electron chi connectivity index (χ3n) is 6.74. The lowest BCUT2D eigenvalue weighted by Gasteiger charge is -2.25. The number of ether oxygens (including phenoxy) is 2. The summed E-state index contributed by atoms with van der Waals surface area (Å²) < 4.78 is 11.9. The smallest absolute Gasteiger partial charge is 0.253 e. The van der Waals surface area contributed by atoms with Gasteiger partial charge in [0.15, 0.2) is 6.23 Å². The fourth-order valence-corrected chi connectivity index (χ4v) is 5.19. The van der Waals surface area contributed by atoms with Gasteiger partial charge in [-0.2, -0.15) is 0 Å². The summed E-state index contributed by atoms with van der Waals surface area (Å²) in [5.74, 6) is 1.44. The van der Waals surface area contributed by atoms with Crippen LogP contribution in [0.5, 0.6) is 11.5 Å². The number of carbonyl (C=O) groups is 1. The highest BCUT2D eigenvalue weighted by atomic mass is 16.5. The van der Waals surface area contributed by atoms with Crippen LogP contribution in [-0.2, 0) is 4.79 Å². The molecule has 0 aromatic heterocycles. The molecular weight excluding hydrogens is 474 g/mol. The molecule has 0 bridgehead atoms. The first-order valence-corrected chi connectivity index (χ1v) is 12.7. The number of anilines is 1. The van der Waals surface area contributed by atoms with Crippen LogP contribution in [0.4, 0.5) is 5.69 Å². The van der Waals surface area contributed by atoms with Crippen LogP contribution in [0.2, 0.25) is 0 Å². The molecule has 3 aromatic rings. The summed E-state index contributed by atoms with van der Waals surface area (Å²) in [6.45, 7) is 16.7. The van der Waals surface area contributed by atoms with Crippen LogP contribution in [0.3, 0.4) is 0 Å². The van der Waals surface area contributed by atoms with Crippen molar-refractivity contribution in [2.45, 2.75) is 39.8 Å². The summed E-state index contributed by atoms with van der Waals surface area (Å²) in [6, 6.07) is 16.5. The zero-order valence-corrected chi connectivity index (χ0v) is 22.5. The second kappa shape index (κ2) is 11.5. The van der Waals surface area contributed by atoms with E-state index in [0.717, 1.165) is 50.4 Å². The summed E-state index contributed by atoms with van der Waals surface area (Å²) >= 11 is 0. The molecule has 1 amide bonds. The Bertz CT molecular complexity index is 1270. The SMILES string of the molecule is C=CCOc1c(C)cc(C(c2ccc(N3C(=O)C=CC3O)cc2)c2cc(C)c(OCC=C)c(C)c2)cc1C. The number of aliphatic hydroxyl groups is 1. The number of nitrogens with zero attached hydrogens (tertiary/aromatic N) is 1. The molecule has 1 atom stereocenters. The highest BCUT2D eigenvalue weighted by Crippen LogP contribution is 2.39. The van der Waals surface area contributed by atoms with Crippen LogP contribution in [0.15, 0.2) is 86.0 Å². The Morgan fingerprint density at radius 2 is 1.26 bits per heavy atom. The van der Waals surface area contributed by atoms with Crippen molar-refractivity contribution < 1.29 is 19.4 Å². The van der Waals surface area contributed by atoms with Crippen LogP contribution in [0.25, 0.3) is 0 Å². The predicted octanol–water partition coefficient (Wildman–Crippen LogP) is 6.45. The summed E-state index contributed by atoms with van der Waals surface area (Å²) in [7, 11) is 0. The summed E-state index contributed by atoms with van der Waals surface area (Å²) in [6.07, 6.45) is 5.42. The molecule has 4 rings (SSSR count). The molecule has 1 aliphatic heterocycles. The van der Waals surface area contributed by atoms with E-state index >= 15 is 0 Å². The Labute approximate surface area is 225 Å². The molecule has 0 saturated carbocycles. The van der Waals surface area contributed by atoms with Gasteiger partial charge < -0.3 is 14.6 Å². The molecule has 0 fully saturated rings. The van der Waals surface area contributed by atoms with E-state index in [2.05, 4.69) is 65.1 Å². The summed E-state index contributed by atoms with van der Waals surface area (Å²) in [5, 5.41) is 10.2. The number of amides is 1. The molecule has 1 N–H and O–H groups in total. The number of carbonyl (C=O) groups excluding carboxylic acids is 1. The van der Waals surface area contributed by atoms with Gasteiger partial charge in [-0.25, -0.2) is 0 Å². The molecule has 0 saturated heterocycles. The minimum Gasteiger partial charge on any atom is -0.489 e.